The fraction of sp³-hybridized carbons (Fsp3) is 0.435. The molecule has 1 saturated heterocycles. The summed E-state index contributed by atoms with van der Waals surface area (Å²) in [4.78, 5) is 12.9. The van der Waals surface area contributed by atoms with Crippen LogP contribution in [0.1, 0.15) is 22.6 Å². The Balaban J connectivity index is 2.04. The van der Waals surface area contributed by atoms with Gasteiger partial charge in [0.25, 0.3) is 0 Å². The molecule has 9 heteroatoms. The lowest BCUT2D eigenvalue weighted by Crippen LogP contribution is -2.62. The summed E-state index contributed by atoms with van der Waals surface area (Å²) >= 11 is 0. The van der Waals surface area contributed by atoms with Gasteiger partial charge in [-0.15, -0.1) is 0 Å². The van der Waals surface area contributed by atoms with E-state index >= 15 is 0 Å². The standard InChI is InChI=1S/C23H26O9/c1-27-15-8-13-10-22(25)11-32-21(24)23(22,26)19(14(13)9-16(15)28-2)12-6-17(29-3)20(31-5)18(7-12)30-4/h6-9,19,25-26H,10-11H2,1-5H3/t19-,22-,23+/m0/s1. The molecule has 0 amide bonds. The molecule has 1 aliphatic heterocycles. The first-order valence-corrected chi connectivity index (χ1v) is 9.94. The molecule has 4 rings (SSSR count). The van der Waals surface area contributed by atoms with Crippen molar-refractivity contribution in [3.05, 3.63) is 41.0 Å². The molecule has 0 unspecified atom stereocenters. The van der Waals surface area contributed by atoms with E-state index in [9.17, 15) is 15.0 Å². The number of aliphatic hydroxyl groups is 2. The maximum absolute atomic E-state index is 12.9. The number of benzene rings is 2. The molecule has 0 aromatic heterocycles. The van der Waals surface area contributed by atoms with Crippen molar-refractivity contribution >= 4 is 5.97 Å². The van der Waals surface area contributed by atoms with E-state index < -0.39 is 23.1 Å². The van der Waals surface area contributed by atoms with E-state index in [4.69, 9.17) is 28.4 Å². The number of ether oxygens (including phenoxy) is 6. The highest BCUT2D eigenvalue weighted by molar-refractivity contribution is 5.87. The molecule has 9 nitrogen and oxygen atoms in total. The highest BCUT2D eigenvalue weighted by atomic mass is 16.6. The largest absolute Gasteiger partial charge is 0.493 e. The van der Waals surface area contributed by atoms with Crippen LogP contribution in [0, 0.1) is 0 Å². The fourth-order valence-corrected chi connectivity index (χ4v) is 4.75. The van der Waals surface area contributed by atoms with Crippen molar-refractivity contribution in [3.8, 4) is 28.7 Å². The maximum atomic E-state index is 12.9. The van der Waals surface area contributed by atoms with Crippen LogP contribution in [0.5, 0.6) is 28.7 Å². The van der Waals surface area contributed by atoms with Gasteiger partial charge in [0, 0.05) is 6.42 Å². The molecule has 0 saturated carbocycles. The van der Waals surface area contributed by atoms with E-state index in [1.807, 2.05) is 0 Å². The predicted molar refractivity (Wildman–Crippen MR) is 112 cm³/mol. The van der Waals surface area contributed by atoms with Crippen molar-refractivity contribution < 1.29 is 43.4 Å². The zero-order valence-corrected chi connectivity index (χ0v) is 18.6. The molecule has 0 bridgehead atoms. The molecule has 0 radical (unpaired) electrons. The van der Waals surface area contributed by atoms with E-state index in [2.05, 4.69) is 0 Å². The lowest BCUT2D eigenvalue weighted by molar-refractivity contribution is -0.168. The van der Waals surface area contributed by atoms with Gasteiger partial charge in [-0.3, -0.25) is 0 Å². The van der Waals surface area contributed by atoms with Crippen LogP contribution in [0.4, 0.5) is 0 Å². The average molecular weight is 446 g/mol. The first-order valence-electron chi connectivity index (χ1n) is 9.94. The predicted octanol–water partition coefficient (Wildman–Crippen LogP) is 1.44. The molecule has 1 aliphatic carbocycles. The number of cyclic esters (lactones) is 1. The van der Waals surface area contributed by atoms with Crippen molar-refractivity contribution in [3.63, 3.8) is 0 Å². The van der Waals surface area contributed by atoms with Gasteiger partial charge in [0.2, 0.25) is 11.4 Å². The summed E-state index contributed by atoms with van der Waals surface area (Å²) in [6.45, 7) is -0.336. The van der Waals surface area contributed by atoms with Gasteiger partial charge in [-0.25, -0.2) is 4.79 Å². The molecule has 1 fully saturated rings. The lowest BCUT2D eigenvalue weighted by atomic mass is 9.62. The minimum atomic E-state index is -2.25. The summed E-state index contributed by atoms with van der Waals surface area (Å²) in [7, 11) is 7.43. The van der Waals surface area contributed by atoms with Crippen LogP contribution in [0.3, 0.4) is 0 Å². The molecule has 2 N–H and O–H groups in total. The Morgan fingerprint density at radius 3 is 1.94 bits per heavy atom. The summed E-state index contributed by atoms with van der Waals surface area (Å²) in [5, 5.41) is 23.1. The monoisotopic (exact) mass is 446 g/mol. The minimum Gasteiger partial charge on any atom is -0.493 e. The topological polar surface area (TPSA) is 113 Å². The van der Waals surface area contributed by atoms with Crippen LogP contribution in [0.2, 0.25) is 0 Å². The Hall–Kier alpha value is -3.17. The molecule has 172 valence electrons. The summed E-state index contributed by atoms with van der Waals surface area (Å²) < 4.78 is 32.4. The Morgan fingerprint density at radius 2 is 1.41 bits per heavy atom. The zero-order chi connectivity index (χ0) is 23.3. The van der Waals surface area contributed by atoms with Gasteiger partial charge in [-0.1, -0.05) is 0 Å². The quantitative estimate of drug-likeness (QED) is 0.637. The Morgan fingerprint density at radius 1 is 0.844 bits per heavy atom. The van der Waals surface area contributed by atoms with Crippen LogP contribution in [-0.4, -0.2) is 69.5 Å². The normalized spacial score (nSPS) is 26.0. The summed E-state index contributed by atoms with van der Waals surface area (Å²) in [5.74, 6) is 0.0106. The minimum absolute atomic E-state index is 0.00808. The van der Waals surface area contributed by atoms with E-state index in [-0.39, 0.29) is 13.0 Å². The van der Waals surface area contributed by atoms with Crippen molar-refractivity contribution in [2.45, 2.75) is 23.5 Å². The third kappa shape index (κ3) is 2.88. The third-order valence-electron chi connectivity index (χ3n) is 6.34. The van der Waals surface area contributed by atoms with Crippen LogP contribution in [-0.2, 0) is 16.0 Å². The Labute approximate surface area is 185 Å². The smallest absolute Gasteiger partial charge is 0.342 e. The summed E-state index contributed by atoms with van der Waals surface area (Å²) in [6, 6.07) is 6.72. The zero-order valence-electron chi connectivity index (χ0n) is 18.6. The number of carbonyl (C=O) groups excluding carboxylic acids is 1. The number of methoxy groups -OCH3 is 5. The summed E-state index contributed by atoms with van der Waals surface area (Å²) in [5.41, 5.74) is -2.35. The van der Waals surface area contributed by atoms with Gasteiger partial charge in [-0.2, -0.15) is 0 Å². The van der Waals surface area contributed by atoms with E-state index in [0.717, 1.165) is 0 Å². The highest BCUT2D eigenvalue weighted by Gasteiger charge is 2.68. The number of rotatable bonds is 6. The number of carbonyl (C=O) groups is 1. The number of esters is 1. The molecular formula is C23H26O9. The average Bonchev–Trinajstić information content (AvgIpc) is 3.04. The third-order valence-corrected chi connectivity index (χ3v) is 6.34. The molecule has 3 atom stereocenters. The second-order valence-corrected chi connectivity index (χ2v) is 7.85. The van der Waals surface area contributed by atoms with Crippen LogP contribution >= 0.6 is 0 Å². The van der Waals surface area contributed by atoms with Gasteiger partial charge in [-0.05, 0) is 41.0 Å². The SMILES string of the molecule is COc1cc2c(cc1OC)[C@H](c1cc(OC)c(OC)c(OC)c1)[C@@]1(O)C(=O)OC[C@@]1(O)C2. The van der Waals surface area contributed by atoms with Gasteiger partial charge < -0.3 is 38.6 Å². The summed E-state index contributed by atoms with van der Waals surface area (Å²) in [6.07, 6.45) is -0.00808. The van der Waals surface area contributed by atoms with Crippen molar-refractivity contribution in [1.29, 1.82) is 0 Å². The van der Waals surface area contributed by atoms with Crippen LogP contribution in [0.25, 0.3) is 0 Å². The van der Waals surface area contributed by atoms with Crippen molar-refractivity contribution in [1.82, 2.24) is 0 Å². The highest BCUT2D eigenvalue weighted by Crippen LogP contribution is 2.55. The first kappa shape index (κ1) is 22.0. The second-order valence-electron chi connectivity index (χ2n) is 7.85. The molecule has 2 aromatic rings. The number of fused-ring (bicyclic) bond motifs is 2. The van der Waals surface area contributed by atoms with E-state index in [0.29, 0.717) is 45.4 Å². The van der Waals surface area contributed by atoms with Crippen LogP contribution < -0.4 is 23.7 Å². The Bertz CT molecular complexity index is 1040. The van der Waals surface area contributed by atoms with E-state index in [1.54, 1.807) is 24.3 Å². The number of hydrogen-bond acceptors (Lipinski definition) is 9. The maximum Gasteiger partial charge on any atom is 0.342 e. The second kappa shape index (κ2) is 7.75. The molecule has 2 aromatic carbocycles. The lowest BCUT2D eigenvalue weighted by Gasteiger charge is -2.45. The molecule has 1 heterocycles. The number of hydrogen-bond donors (Lipinski definition) is 2. The molecular weight excluding hydrogens is 420 g/mol. The molecule has 32 heavy (non-hydrogen) atoms. The van der Waals surface area contributed by atoms with Crippen molar-refractivity contribution in [2.75, 3.05) is 42.2 Å². The van der Waals surface area contributed by atoms with Crippen molar-refractivity contribution in [2.24, 2.45) is 0 Å². The fourth-order valence-electron chi connectivity index (χ4n) is 4.75. The van der Waals surface area contributed by atoms with Gasteiger partial charge in [0.1, 0.15) is 12.2 Å². The first-order chi connectivity index (χ1) is 15.3. The molecule has 0 spiro atoms. The Kier molecular flexibility index (Phi) is 5.34. The van der Waals surface area contributed by atoms with Gasteiger partial charge in [0.15, 0.2) is 23.0 Å². The molecule has 2 aliphatic rings. The van der Waals surface area contributed by atoms with E-state index in [1.165, 1.54) is 35.5 Å². The van der Waals surface area contributed by atoms with Gasteiger partial charge >= 0.3 is 5.97 Å². The van der Waals surface area contributed by atoms with Gasteiger partial charge in [0.05, 0.1) is 41.5 Å². The van der Waals surface area contributed by atoms with Crippen LogP contribution in [0.15, 0.2) is 24.3 Å².